The van der Waals surface area contributed by atoms with E-state index in [1.54, 1.807) is 6.07 Å². The van der Waals surface area contributed by atoms with Gasteiger partial charge in [0.2, 0.25) is 0 Å². The number of nitro benzene ring substituents is 2. The van der Waals surface area contributed by atoms with Crippen LogP contribution in [-0.4, -0.2) is 37.6 Å². The standard InChI is InChI=1S/C23H20N4O7/c28-21(13-7-9-17(10-8-13)26(31)32)24(12-16-3-1-2-4-18(16)27(33)34)25-22(29)19-14-5-6-15(11-14)20(19)23(25)30/h1-4,7-10,14-15,19-20H,5-6,11-12H2/t14-,15-,19-,20-/m0/s1. The molecular formula is C23H20N4O7. The molecule has 3 amide bonds. The first-order chi connectivity index (χ1) is 16.3. The lowest BCUT2D eigenvalue weighted by Gasteiger charge is -2.31. The largest absolute Gasteiger partial charge is 0.274 e. The monoisotopic (exact) mass is 464 g/mol. The molecule has 11 heteroatoms. The lowest BCUT2D eigenvalue weighted by Crippen LogP contribution is -2.50. The Morgan fingerprint density at radius 1 is 0.912 bits per heavy atom. The van der Waals surface area contributed by atoms with Crippen molar-refractivity contribution in [1.29, 1.82) is 0 Å². The van der Waals surface area contributed by atoms with Gasteiger partial charge < -0.3 is 0 Å². The van der Waals surface area contributed by atoms with Crippen molar-refractivity contribution in [3.63, 3.8) is 0 Å². The fraction of sp³-hybridized carbons (Fsp3) is 0.348. The zero-order chi connectivity index (χ0) is 24.1. The van der Waals surface area contributed by atoms with Crippen LogP contribution in [0.3, 0.4) is 0 Å². The lowest BCUT2D eigenvalue weighted by molar-refractivity contribution is -0.385. The molecule has 4 atom stereocenters. The maximum Gasteiger partial charge on any atom is 0.274 e. The van der Waals surface area contributed by atoms with E-state index in [1.807, 2.05) is 0 Å². The first-order valence-corrected chi connectivity index (χ1v) is 10.9. The molecule has 2 aromatic rings. The van der Waals surface area contributed by atoms with E-state index in [9.17, 15) is 34.6 Å². The van der Waals surface area contributed by atoms with Crippen LogP contribution < -0.4 is 0 Å². The number of benzene rings is 2. The van der Waals surface area contributed by atoms with Crippen molar-refractivity contribution in [2.75, 3.05) is 0 Å². The van der Waals surface area contributed by atoms with Crippen LogP contribution in [0, 0.1) is 43.9 Å². The lowest BCUT2D eigenvalue weighted by atomic mass is 9.81. The molecule has 34 heavy (non-hydrogen) atoms. The quantitative estimate of drug-likeness (QED) is 0.363. The molecule has 5 rings (SSSR count). The Bertz CT molecular complexity index is 1200. The maximum atomic E-state index is 13.5. The average Bonchev–Trinajstić information content (AvgIpc) is 3.51. The fourth-order valence-corrected chi connectivity index (χ4v) is 5.72. The number of amides is 3. The van der Waals surface area contributed by atoms with Gasteiger partial charge in [0.15, 0.2) is 0 Å². The van der Waals surface area contributed by atoms with Crippen LogP contribution in [0.25, 0.3) is 0 Å². The molecule has 1 saturated heterocycles. The van der Waals surface area contributed by atoms with Gasteiger partial charge in [0, 0.05) is 23.8 Å². The summed E-state index contributed by atoms with van der Waals surface area (Å²) in [7, 11) is 0. The van der Waals surface area contributed by atoms with E-state index >= 15 is 0 Å². The molecule has 1 aliphatic heterocycles. The molecule has 3 fully saturated rings. The summed E-state index contributed by atoms with van der Waals surface area (Å²) in [4.78, 5) is 61.7. The number of nitrogens with zero attached hydrogens (tertiary/aromatic N) is 4. The Hall–Kier alpha value is -4.15. The van der Waals surface area contributed by atoms with Crippen molar-refractivity contribution < 1.29 is 24.2 Å². The molecule has 1 heterocycles. The highest BCUT2D eigenvalue weighted by Crippen LogP contribution is 2.56. The number of carbonyl (C=O) groups is 3. The number of hydrogen-bond acceptors (Lipinski definition) is 7. The molecule has 11 nitrogen and oxygen atoms in total. The first-order valence-electron chi connectivity index (χ1n) is 10.9. The van der Waals surface area contributed by atoms with Gasteiger partial charge in [0.05, 0.1) is 33.8 Å². The van der Waals surface area contributed by atoms with E-state index in [4.69, 9.17) is 0 Å². The van der Waals surface area contributed by atoms with Crippen LogP contribution in [0.5, 0.6) is 0 Å². The van der Waals surface area contributed by atoms with Crippen LogP contribution in [0.1, 0.15) is 35.2 Å². The smallest absolute Gasteiger partial charge is 0.272 e. The van der Waals surface area contributed by atoms with E-state index in [1.165, 1.54) is 30.3 Å². The summed E-state index contributed by atoms with van der Waals surface area (Å²) in [6.45, 7) is -0.376. The number of hydrazine groups is 1. The van der Waals surface area contributed by atoms with Crippen molar-refractivity contribution in [2.24, 2.45) is 23.7 Å². The van der Waals surface area contributed by atoms with Crippen LogP contribution in [0.2, 0.25) is 0 Å². The van der Waals surface area contributed by atoms with E-state index in [0.717, 1.165) is 41.4 Å². The minimum Gasteiger partial charge on any atom is -0.272 e. The number of para-hydroxylation sites is 1. The molecule has 2 aliphatic carbocycles. The van der Waals surface area contributed by atoms with Gasteiger partial charge in [-0.1, -0.05) is 18.2 Å². The highest BCUT2D eigenvalue weighted by molar-refractivity contribution is 6.08. The summed E-state index contributed by atoms with van der Waals surface area (Å²) in [5, 5.41) is 24.3. The van der Waals surface area contributed by atoms with E-state index in [0.29, 0.717) is 0 Å². The molecule has 2 saturated carbocycles. The summed E-state index contributed by atoms with van der Waals surface area (Å²) in [6, 6.07) is 10.6. The summed E-state index contributed by atoms with van der Waals surface area (Å²) in [5.74, 6) is -2.44. The highest BCUT2D eigenvalue weighted by Gasteiger charge is 2.62. The predicted molar refractivity (Wildman–Crippen MR) is 116 cm³/mol. The molecule has 174 valence electrons. The van der Waals surface area contributed by atoms with Crippen molar-refractivity contribution in [2.45, 2.75) is 25.8 Å². The molecule has 0 unspecified atom stereocenters. The summed E-state index contributed by atoms with van der Waals surface area (Å²) in [5.41, 5.74) is -0.294. The molecule has 0 radical (unpaired) electrons. The number of rotatable bonds is 6. The Kier molecular flexibility index (Phi) is 5.11. The van der Waals surface area contributed by atoms with Gasteiger partial charge in [-0.05, 0) is 43.2 Å². The second kappa shape index (κ2) is 8.01. The van der Waals surface area contributed by atoms with Crippen LogP contribution in [0.15, 0.2) is 48.5 Å². The topological polar surface area (TPSA) is 144 Å². The molecule has 2 aromatic carbocycles. The number of fused-ring (bicyclic) bond motifs is 5. The molecule has 2 bridgehead atoms. The second-order valence-electron chi connectivity index (χ2n) is 8.93. The zero-order valence-corrected chi connectivity index (χ0v) is 17.9. The number of nitro groups is 2. The third kappa shape index (κ3) is 3.31. The fourth-order valence-electron chi connectivity index (χ4n) is 5.72. The number of carbonyl (C=O) groups excluding carboxylic acids is 3. The second-order valence-corrected chi connectivity index (χ2v) is 8.93. The van der Waals surface area contributed by atoms with Crippen molar-refractivity contribution in [1.82, 2.24) is 10.0 Å². The first kappa shape index (κ1) is 21.7. The minimum absolute atomic E-state index is 0.0183. The van der Waals surface area contributed by atoms with Crippen LogP contribution >= 0.6 is 0 Å². The Balaban J connectivity index is 1.54. The normalized spacial score (nSPS) is 24.9. The van der Waals surface area contributed by atoms with Gasteiger partial charge in [-0.3, -0.25) is 34.6 Å². The third-order valence-electron chi connectivity index (χ3n) is 7.21. The van der Waals surface area contributed by atoms with E-state index in [-0.39, 0.29) is 40.9 Å². The molecule has 3 aliphatic rings. The van der Waals surface area contributed by atoms with Gasteiger partial charge in [-0.2, -0.15) is 5.01 Å². The summed E-state index contributed by atoms with van der Waals surface area (Å²) in [6.07, 6.45) is 2.54. The van der Waals surface area contributed by atoms with Gasteiger partial charge in [0.25, 0.3) is 29.1 Å². The van der Waals surface area contributed by atoms with Gasteiger partial charge in [-0.25, -0.2) is 5.01 Å². The molecule has 0 aromatic heterocycles. The zero-order valence-electron chi connectivity index (χ0n) is 17.9. The minimum atomic E-state index is -0.748. The Labute approximate surface area is 193 Å². The Morgan fingerprint density at radius 3 is 2.06 bits per heavy atom. The summed E-state index contributed by atoms with van der Waals surface area (Å²) >= 11 is 0. The van der Waals surface area contributed by atoms with Gasteiger partial charge in [0.1, 0.15) is 0 Å². The van der Waals surface area contributed by atoms with Gasteiger partial charge >= 0.3 is 0 Å². The molecule has 0 N–H and O–H groups in total. The molecule has 0 spiro atoms. The SMILES string of the molecule is O=C(c1ccc([N+](=O)[O-])cc1)N(Cc1ccccc1[N+](=O)[O-])N1C(=O)[C@H]2[C@H]3CC[C@@H](C3)[C@@H]2C1=O. The molecular weight excluding hydrogens is 444 g/mol. The van der Waals surface area contributed by atoms with Crippen LogP contribution in [0.4, 0.5) is 11.4 Å². The number of non-ortho nitro benzene ring substituents is 1. The predicted octanol–water partition coefficient (Wildman–Crippen LogP) is 3.09. The third-order valence-corrected chi connectivity index (χ3v) is 7.21. The van der Waals surface area contributed by atoms with Gasteiger partial charge in [-0.15, -0.1) is 0 Å². The summed E-state index contributed by atoms with van der Waals surface area (Å²) < 4.78 is 0. The Morgan fingerprint density at radius 2 is 1.50 bits per heavy atom. The van der Waals surface area contributed by atoms with Crippen LogP contribution in [-0.2, 0) is 16.1 Å². The van der Waals surface area contributed by atoms with Crippen molar-refractivity contribution in [3.8, 4) is 0 Å². The number of hydrogen-bond donors (Lipinski definition) is 0. The highest BCUT2D eigenvalue weighted by atomic mass is 16.6. The van der Waals surface area contributed by atoms with E-state index < -0.39 is 39.4 Å². The van der Waals surface area contributed by atoms with E-state index in [2.05, 4.69) is 0 Å². The van der Waals surface area contributed by atoms with Crippen molar-refractivity contribution in [3.05, 3.63) is 79.9 Å². The maximum absolute atomic E-state index is 13.5. The number of imide groups is 1. The average molecular weight is 464 g/mol. The van der Waals surface area contributed by atoms with Crippen molar-refractivity contribution >= 4 is 29.1 Å².